The summed E-state index contributed by atoms with van der Waals surface area (Å²) >= 11 is 0. The number of halogens is 1. The molecule has 0 radical (unpaired) electrons. The Balaban J connectivity index is 1.82. The molecule has 0 saturated carbocycles. The zero-order valence-corrected chi connectivity index (χ0v) is 9.99. The summed E-state index contributed by atoms with van der Waals surface area (Å²) in [7, 11) is 0. The molecule has 3 rings (SSSR count). The Hall–Kier alpha value is -1.46. The average Bonchev–Trinajstić information content (AvgIpc) is 2.82. The summed E-state index contributed by atoms with van der Waals surface area (Å²) in [5, 5.41) is 3.13. The standard InChI is InChI=1S/C13H15FN2O2/c14-10-2-1-9-3-5-16(11(9)7-10)13(17)12-8-15-4-6-18-12/h1-2,7,12,15H,3-6,8H2. The summed E-state index contributed by atoms with van der Waals surface area (Å²) in [6.45, 7) is 2.45. The van der Waals surface area contributed by atoms with Gasteiger partial charge in [-0.05, 0) is 24.1 Å². The summed E-state index contributed by atoms with van der Waals surface area (Å²) in [5.41, 5.74) is 1.71. The molecule has 0 spiro atoms. The van der Waals surface area contributed by atoms with E-state index in [-0.39, 0.29) is 11.7 Å². The van der Waals surface area contributed by atoms with Gasteiger partial charge >= 0.3 is 0 Å². The molecule has 2 heterocycles. The Bertz CT molecular complexity index is 472. The van der Waals surface area contributed by atoms with Gasteiger partial charge in [0.25, 0.3) is 5.91 Å². The number of amides is 1. The Morgan fingerprint density at radius 1 is 1.50 bits per heavy atom. The molecule has 4 nitrogen and oxygen atoms in total. The third kappa shape index (κ3) is 2.00. The number of nitrogens with zero attached hydrogens (tertiary/aromatic N) is 1. The Morgan fingerprint density at radius 2 is 2.39 bits per heavy atom. The van der Waals surface area contributed by atoms with Crippen molar-refractivity contribution >= 4 is 11.6 Å². The molecule has 0 aliphatic carbocycles. The zero-order valence-electron chi connectivity index (χ0n) is 9.99. The molecule has 1 aromatic carbocycles. The monoisotopic (exact) mass is 250 g/mol. The molecule has 1 saturated heterocycles. The van der Waals surface area contributed by atoms with Crippen LogP contribution in [0.15, 0.2) is 18.2 Å². The van der Waals surface area contributed by atoms with Crippen LogP contribution in [-0.2, 0) is 16.0 Å². The van der Waals surface area contributed by atoms with Crippen LogP contribution >= 0.6 is 0 Å². The van der Waals surface area contributed by atoms with Crippen molar-refractivity contribution in [1.29, 1.82) is 0 Å². The van der Waals surface area contributed by atoms with Gasteiger partial charge in [0.05, 0.1) is 6.61 Å². The van der Waals surface area contributed by atoms with Crippen LogP contribution in [0.3, 0.4) is 0 Å². The smallest absolute Gasteiger partial charge is 0.257 e. The maximum atomic E-state index is 13.3. The number of fused-ring (bicyclic) bond motifs is 1. The maximum Gasteiger partial charge on any atom is 0.257 e. The van der Waals surface area contributed by atoms with Crippen molar-refractivity contribution in [3.63, 3.8) is 0 Å². The second kappa shape index (κ2) is 4.66. The SMILES string of the molecule is O=C(C1CNCCO1)N1CCc2ccc(F)cc21. The van der Waals surface area contributed by atoms with E-state index in [1.165, 1.54) is 12.1 Å². The number of ether oxygens (including phenoxy) is 1. The van der Waals surface area contributed by atoms with Crippen LogP contribution in [0.2, 0.25) is 0 Å². The van der Waals surface area contributed by atoms with Crippen molar-refractivity contribution in [2.75, 3.05) is 31.1 Å². The molecule has 2 aliphatic heterocycles. The Labute approximate surface area is 105 Å². The highest BCUT2D eigenvalue weighted by Crippen LogP contribution is 2.29. The van der Waals surface area contributed by atoms with Crippen molar-refractivity contribution in [2.45, 2.75) is 12.5 Å². The minimum absolute atomic E-state index is 0.0773. The summed E-state index contributed by atoms with van der Waals surface area (Å²) < 4.78 is 18.7. The number of anilines is 1. The van der Waals surface area contributed by atoms with Crippen LogP contribution in [0.1, 0.15) is 5.56 Å². The number of nitrogens with one attached hydrogen (secondary N) is 1. The number of hydrogen-bond donors (Lipinski definition) is 1. The molecule has 1 amide bonds. The Morgan fingerprint density at radius 3 is 3.17 bits per heavy atom. The lowest BCUT2D eigenvalue weighted by Crippen LogP contribution is -2.49. The first kappa shape index (κ1) is 11.6. The quantitative estimate of drug-likeness (QED) is 0.798. The molecule has 96 valence electrons. The minimum Gasteiger partial charge on any atom is -0.366 e. The molecule has 1 fully saturated rings. The number of benzene rings is 1. The Kier molecular flexibility index (Phi) is 3.01. The fraction of sp³-hybridized carbons (Fsp3) is 0.462. The lowest BCUT2D eigenvalue weighted by atomic mass is 10.1. The van der Waals surface area contributed by atoms with Crippen LogP contribution in [-0.4, -0.2) is 38.3 Å². The van der Waals surface area contributed by atoms with Crippen molar-refractivity contribution in [3.8, 4) is 0 Å². The molecular formula is C13H15FN2O2. The highest BCUT2D eigenvalue weighted by atomic mass is 19.1. The van der Waals surface area contributed by atoms with E-state index in [1.807, 2.05) is 0 Å². The van der Waals surface area contributed by atoms with Crippen LogP contribution in [0, 0.1) is 5.82 Å². The lowest BCUT2D eigenvalue weighted by Gasteiger charge is -2.27. The molecule has 2 aliphatic rings. The average molecular weight is 250 g/mol. The highest BCUT2D eigenvalue weighted by molar-refractivity contribution is 5.98. The molecule has 1 N–H and O–H groups in total. The number of rotatable bonds is 1. The molecule has 5 heteroatoms. The van der Waals surface area contributed by atoms with E-state index in [2.05, 4.69) is 5.32 Å². The molecular weight excluding hydrogens is 235 g/mol. The minimum atomic E-state index is -0.451. The summed E-state index contributed by atoms with van der Waals surface area (Å²) in [5.74, 6) is -0.386. The molecule has 1 aromatic rings. The van der Waals surface area contributed by atoms with Crippen LogP contribution in [0.25, 0.3) is 0 Å². The van der Waals surface area contributed by atoms with Gasteiger partial charge in [-0.1, -0.05) is 6.07 Å². The fourth-order valence-corrected chi connectivity index (χ4v) is 2.48. The largest absolute Gasteiger partial charge is 0.366 e. The second-order valence-electron chi connectivity index (χ2n) is 4.58. The normalized spacial score (nSPS) is 22.9. The molecule has 0 bridgehead atoms. The lowest BCUT2D eigenvalue weighted by molar-refractivity contribution is -0.131. The van der Waals surface area contributed by atoms with Gasteiger partial charge in [0.1, 0.15) is 11.9 Å². The summed E-state index contributed by atoms with van der Waals surface area (Å²) in [6, 6.07) is 4.61. The number of carbonyl (C=O) groups excluding carboxylic acids is 1. The third-order valence-electron chi connectivity index (χ3n) is 3.41. The molecule has 18 heavy (non-hydrogen) atoms. The summed E-state index contributed by atoms with van der Waals surface area (Å²) in [6.07, 6.45) is 0.328. The number of morpholine rings is 1. The van der Waals surface area contributed by atoms with E-state index in [1.54, 1.807) is 11.0 Å². The fourth-order valence-electron chi connectivity index (χ4n) is 2.48. The summed E-state index contributed by atoms with van der Waals surface area (Å²) in [4.78, 5) is 13.9. The van der Waals surface area contributed by atoms with Gasteiger partial charge in [-0.3, -0.25) is 4.79 Å². The van der Waals surface area contributed by atoms with Gasteiger partial charge in [0.2, 0.25) is 0 Å². The van der Waals surface area contributed by atoms with Gasteiger partial charge in [0.15, 0.2) is 0 Å². The van der Waals surface area contributed by atoms with Gasteiger partial charge in [-0.15, -0.1) is 0 Å². The first-order valence-electron chi connectivity index (χ1n) is 6.18. The van der Waals surface area contributed by atoms with Crippen LogP contribution < -0.4 is 10.2 Å². The predicted octanol–water partition coefficient (Wildman–Crippen LogP) is 0.703. The van der Waals surface area contributed by atoms with E-state index >= 15 is 0 Å². The van der Waals surface area contributed by atoms with E-state index in [0.29, 0.717) is 25.4 Å². The first-order chi connectivity index (χ1) is 8.75. The third-order valence-corrected chi connectivity index (χ3v) is 3.41. The van der Waals surface area contributed by atoms with E-state index in [4.69, 9.17) is 4.74 Å². The number of hydrogen-bond acceptors (Lipinski definition) is 3. The van der Waals surface area contributed by atoms with E-state index in [9.17, 15) is 9.18 Å². The molecule has 0 aromatic heterocycles. The topological polar surface area (TPSA) is 41.6 Å². The van der Waals surface area contributed by atoms with Crippen molar-refractivity contribution < 1.29 is 13.9 Å². The van der Waals surface area contributed by atoms with Gasteiger partial charge in [-0.2, -0.15) is 0 Å². The van der Waals surface area contributed by atoms with E-state index in [0.717, 1.165) is 18.5 Å². The van der Waals surface area contributed by atoms with Crippen LogP contribution in [0.4, 0.5) is 10.1 Å². The van der Waals surface area contributed by atoms with Gasteiger partial charge in [-0.25, -0.2) is 4.39 Å². The second-order valence-corrected chi connectivity index (χ2v) is 4.58. The first-order valence-corrected chi connectivity index (χ1v) is 6.18. The highest BCUT2D eigenvalue weighted by Gasteiger charge is 2.31. The molecule has 1 atom stereocenters. The molecule has 1 unspecified atom stereocenters. The predicted molar refractivity (Wildman–Crippen MR) is 65.1 cm³/mol. The van der Waals surface area contributed by atoms with Gasteiger partial charge < -0.3 is 15.0 Å². The maximum absolute atomic E-state index is 13.3. The van der Waals surface area contributed by atoms with Crippen molar-refractivity contribution in [3.05, 3.63) is 29.6 Å². The van der Waals surface area contributed by atoms with Crippen molar-refractivity contribution in [1.82, 2.24) is 5.32 Å². The zero-order chi connectivity index (χ0) is 12.5. The van der Waals surface area contributed by atoms with Crippen molar-refractivity contribution in [2.24, 2.45) is 0 Å². The van der Waals surface area contributed by atoms with Crippen LogP contribution in [0.5, 0.6) is 0 Å². The van der Waals surface area contributed by atoms with Gasteiger partial charge in [0, 0.05) is 25.3 Å². The van der Waals surface area contributed by atoms with E-state index < -0.39 is 6.10 Å². The number of carbonyl (C=O) groups is 1.